The van der Waals surface area contributed by atoms with E-state index in [1.54, 1.807) is 0 Å². The van der Waals surface area contributed by atoms with E-state index in [2.05, 4.69) is 29.7 Å². The van der Waals surface area contributed by atoms with Crippen molar-refractivity contribution in [3.63, 3.8) is 0 Å². The lowest BCUT2D eigenvalue weighted by Gasteiger charge is -2.15. The smallest absolute Gasteiger partial charge is 0.314 e. The van der Waals surface area contributed by atoms with Crippen molar-refractivity contribution in [2.45, 2.75) is 32.6 Å². The third-order valence-corrected chi connectivity index (χ3v) is 4.00. The Morgan fingerprint density at radius 3 is 2.73 bits per heavy atom. The SMILES string of the molecule is Cc1ccccc1CCNC(=O)NCCCN1CCCC1=O. The molecule has 0 spiro atoms. The molecule has 120 valence electrons. The number of carbonyl (C=O) groups is 2. The van der Waals surface area contributed by atoms with Gasteiger partial charge >= 0.3 is 6.03 Å². The predicted octanol–water partition coefficient (Wildman–Crippen LogP) is 1.85. The zero-order valence-electron chi connectivity index (χ0n) is 13.2. The van der Waals surface area contributed by atoms with Crippen molar-refractivity contribution in [3.8, 4) is 0 Å². The summed E-state index contributed by atoms with van der Waals surface area (Å²) >= 11 is 0. The largest absolute Gasteiger partial charge is 0.343 e. The van der Waals surface area contributed by atoms with E-state index in [-0.39, 0.29) is 11.9 Å². The molecule has 22 heavy (non-hydrogen) atoms. The van der Waals surface area contributed by atoms with Crippen molar-refractivity contribution in [1.29, 1.82) is 0 Å². The standard InChI is InChI=1S/C17H25N3O2/c1-14-6-2-3-7-15(14)9-11-19-17(22)18-10-5-13-20-12-4-8-16(20)21/h2-3,6-7H,4-5,8-13H2,1H3,(H2,18,19,22). The van der Waals surface area contributed by atoms with Crippen molar-refractivity contribution < 1.29 is 9.59 Å². The fourth-order valence-corrected chi connectivity index (χ4v) is 2.68. The zero-order chi connectivity index (χ0) is 15.8. The van der Waals surface area contributed by atoms with Crippen LogP contribution in [0.2, 0.25) is 0 Å². The van der Waals surface area contributed by atoms with Crippen molar-refractivity contribution in [3.05, 3.63) is 35.4 Å². The molecule has 5 nitrogen and oxygen atoms in total. The number of aryl methyl sites for hydroxylation is 1. The highest BCUT2D eigenvalue weighted by Gasteiger charge is 2.18. The minimum absolute atomic E-state index is 0.138. The molecular formula is C17H25N3O2. The van der Waals surface area contributed by atoms with Gasteiger partial charge in [-0.2, -0.15) is 0 Å². The molecule has 0 unspecified atom stereocenters. The van der Waals surface area contributed by atoms with Crippen molar-refractivity contribution in [1.82, 2.24) is 15.5 Å². The third kappa shape index (κ3) is 5.06. The van der Waals surface area contributed by atoms with Gasteiger partial charge in [-0.05, 0) is 37.3 Å². The highest BCUT2D eigenvalue weighted by atomic mass is 16.2. The van der Waals surface area contributed by atoms with E-state index in [1.807, 2.05) is 17.0 Å². The summed E-state index contributed by atoms with van der Waals surface area (Å²) < 4.78 is 0. The maximum Gasteiger partial charge on any atom is 0.314 e. The molecule has 1 heterocycles. The molecular weight excluding hydrogens is 278 g/mol. The second-order valence-electron chi connectivity index (χ2n) is 5.70. The molecule has 1 aromatic carbocycles. The van der Waals surface area contributed by atoms with Crippen molar-refractivity contribution >= 4 is 11.9 Å². The molecule has 0 radical (unpaired) electrons. The number of benzene rings is 1. The highest BCUT2D eigenvalue weighted by Crippen LogP contribution is 2.09. The Kier molecular flexibility index (Phi) is 6.25. The lowest BCUT2D eigenvalue weighted by molar-refractivity contribution is -0.127. The van der Waals surface area contributed by atoms with Crippen LogP contribution in [0, 0.1) is 6.92 Å². The van der Waals surface area contributed by atoms with Gasteiger partial charge in [-0.3, -0.25) is 4.79 Å². The van der Waals surface area contributed by atoms with Crippen LogP contribution in [0.3, 0.4) is 0 Å². The monoisotopic (exact) mass is 303 g/mol. The van der Waals surface area contributed by atoms with Crippen LogP contribution in [0.4, 0.5) is 4.79 Å². The van der Waals surface area contributed by atoms with Gasteiger partial charge in [0.2, 0.25) is 5.91 Å². The van der Waals surface area contributed by atoms with Crippen molar-refractivity contribution in [2.24, 2.45) is 0 Å². The molecule has 2 rings (SSSR count). The van der Waals surface area contributed by atoms with E-state index >= 15 is 0 Å². The van der Waals surface area contributed by atoms with E-state index < -0.39 is 0 Å². The molecule has 5 heteroatoms. The predicted molar refractivity (Wildman–Crippen MR) is 86.7 cm³/mol. The van der Waals surface area contributed by atoms with Gasteiger partial charge in [0.05, 0.1) is 0 Å². The number of rotatable bonds is 7. The number of amides is 3. The summed E-state index contributed by atoms with van der Waals surface area (Å²) in [4.78, 5) is 25.0. The molecule has 0 aromatic heterocycles. The average molecular weight is 303 g/mol. The number of hydrogen-bond donors (Lipinski definition) is 2. The highest BCUT2D eigenvalue weighted by molar-refractivity contribution is 5.78. The Hall–Kier alpha value is -2.04. The molecule has 1 fully saturated rings. The first kappa shape index (κ1) is 16.3. The van der Waals surface area contributed by atoms with Crippen molar-refractivity contribution in [2.75, 3.05) is 26.2 Å². The first-order chi connectivity index (χ1) is 10.7. The maximum absolute atomic E-state index is 11.7. The number of nitrogens with one attached hydrogen (secondary N) is 2. The van der Waals surface area contributed by atoms with Crippen LogP contribution in [0.5, 0.6) is 0 Å². The van der Waals surface area contributed by atoms with Gasteiger partial charge < -0.3 is 15.5 Å². The molecule has 0 bridgehead atoms. The van der Waals surface area contributed by atoms with E-state index in [4.69, 9.17) is 0 Å². The summed E-state index contributed by atoms with van der Waals surface area (Å²) in [5, 5.41) is 5.70. The lowest BCUT2D eigenvalue weighted by atomic mass is 10.1. The van der Waals surface area contributed by atoms with E-state index in [9.17, 15) is 9.59 Å². The Morgan fingerprint density at radius 1 is 1.23 bits per heavy atom. The number of urea groups is 1. The minimum atomic E-state index is -0.138. The summed E-state index contributed by atoms with van der Waals surface area (Å²) in [6, 6.07) is 8.06. The Bertz CT molecular complexity index is 516. The topological polar surface area (TPSA) is 61.4 Å². The van der Waals surface area contributed by atoms with Crippen LogP contribution in [0.15, 0.2) is 24.3 Å². The molecule has 0 atom stereocenters. The maximum atomic E-state index is 11.7. The summed E-state index contributed by atoms with van der Waals surface area (Å²) in [7, 11) is 0. The molecule has 0 saturated carbocycles. The van der Waals surface area contributed by atoms with E-state index in [1.165, 1.54) is 11.1 Å². The molecule has 1 aliphatic heterocycles. The second kappa shape index (κ2) is 8.41. The van der Waals surface area contributed by atoms with Crippen LogP contribution in [0.1, 0.15) is 30.4 Å². The number of nitrogens with zero attached hydrogens (tertiary/aromatic N) is 1. The summed E-state index contributed by atoms with van der Waals surface area (Å²) in [6.45, 7) is 4.90. The average Bonchev–Trinajstić information content (AvgIpc) is 2.91. The number of likely N-dealkylation sites (tertiary alicyclic amines) is 1. The Morgan fingerprint density at radius 2 is 2.00 bits per heavy atom. The van der Waals surface area contributed by atoms with Gasteiger partial charge in [-0.1, -0.05) is 24.3 Å². The summed E-state index contributed by atoms with van der Waals surface area (Å²) in [5.74, 6) is 0.239. The molecule has 1 aromatic rings. The fraction of sp³-hybridized carbons (Fsp3) is 0.529. The number of carbonyl (C=O) groups excluding carboxylic acids is 2. The quantitative estimate of drug-likeness (QED) is 0.755. The van der Waals surface area contributed by atoms with Crippen LogP contribution < -0.4 is 10.6 Å². The first-order valence-electron chi connectivity index (χ1n) is 8.01. The zero-order valence-corrected chi connectivity index (χ0v) is 13.2. The summed E-state index contributed by atoms with van der Waals surface area (Å²) in [6.07, 6.45) is 3.28. The van der Waals surface area contributed by atoms with Gasteiger partial charge in [0.25, 0.3) is 0 Å². The van der Waals surface area contributed by atoms with E-state index in [0.717, 1.165) is 32.4 Å². The minimum Gasteiger partial charge on any atom is -0.343 e. The normalized spacial score (nSPS) is 14.2. The van der Waals surface area contributed by atoms with Crippen LogP contribution in [-0.4, -0.2) is 43.0 Å². The third-order valence-electron chi connectivity index (χ3n) is 4.00. The molecule has 1 saturated heterocycles. The Labute approximate surface area is 132 Å². The van der Waals surface area contributed by atoms with Gasteiger partial charge in [-0.15, -0.1) is 0 Å². The van der Waals surface area contributed by atoms with Crippen LogP contribution in [-0.2, 0) is 11.2 Å². The fourth-order valence-electron chi connectivity index (χ4n) is 2.68. The Balaban J connectivity index is 1.54. The van der Waals surface area contributed by atoms with Gasteiger partial charge in [0, 0.05) is 32.6 Å². The van der Waals surface area contributed by atoms with Crippen LogP contribution >= 0.6 is 0 Å². The van der Waals surface area contributed by atoms with Gasteiger partial charge in [0.1, 0.15) is 0 Å². The molecule has 0 aliphatic carbocycles. The van der Waals surface area contributed by atoms with Gasteiger partial charge in [0.15, 0.2) is 0 Å². The lowest BCUT2D eigenvalue weighted by Crippen LogP contribution is -2.38. The second-order valence-corrected chi connectivity index (χ2v) is 5.70. The first-order valence-corrected chi connectivity index (χ1v) is 8.01. The molecule has 1 aliphatic rings. The van der Waals surface area contributed by atoms with Crippen LogP contribution in [0.25, 0.3) is 0 Å². The molecule has 3 amide bonds. The van der Waals surface area contributed by atoms with Gasteiger partial charge in [-0.25, -0.2) is 4.79 Å². The number of hydrogen-bond acceptors (Lipinski definition) is 2. The molecule has 2 N–H and O–H groups in total. The van der Waals surface area contributed by atoms with E-state index in [0.29, 0.717) is 19.5 Å². The summed E-state index contributed by atoms with van der Waals surface area (Å²) in [5.41, 5.74) is 2.51.